The van der Waals surface area contributed by atoms with Gasteiger partial charge in [-0.15, -0.1) is 0 Å². The lowest BCUT2D eigenvalue weighted by Crippen LogP contribution is -2.31. The molecule has 1 nitrogen and oxygen atoms in total. The van der Waals surface area contributed by atoms with Gasteiger partial charge in [-0.1, -0.05) is 25.1 Å². The van der Waals surface area contributed by atoms with Gasteiger partial charge in [0.05, 0.1) is 6.10 Å². The highest BCUT2D eigenvalue weighted by Crippen LogP contribution is 2.41. The number of aliphatic hydroxyl groups is 1. The van der Waals surface area contributed by atoms with Gasteiger partial charge in [-0.05, 0) is 37.0 Å². The van der Waals surface area contributed by atoms with Crippen molar-refractivity contribution in [3.05, 3.63) is 34.9 Å². The van der Waals surface area contributed by atoms with E-state index in [-0.39, 0.29) is 6.10 Å². The number of benzene rings is 1. The normalized spacial score (nSPS) is 26.0. The lowest BCUT2D eigenvalue weighted by Gasteiger charge is -2.34. The zero-order valence-corrected chi connectivity index (χ0v) is 13.0. The summed E-state index contributed by atoms with van der Waals surface area (Å²) in [5.41, 5.74) is 3.64. The van der Waals surface area contributed by atoms with Crippen molar-refractivity contribution in [3.63, 3.8) is 0 Å². The van der Waals surface area contributed by atoms with Crippen LogP contribution in [-0.2, 0) is 0 Å². The average molecular weight is 282 g/mol. The minimum Gasteiger partial charge on any atom is -0.387 e. The summed E-state index contributed by atoms with van der Waals surface area (Å²) in [4.78, 5) is 0. The number of thioether (sulfide) groups is 2. The van der Waals surface area contributed by atoms with Crippen LogP contribution in [0.3, 0.4) is 0 Å². The molecule has 0 bridgehead atoms. The highest BCUT2D eigenvalue weighted by Gasteiger charge is 2.32. The van der Waals surface area contributed by atoms with Crippen LogP contribution in [0.4, 0.5) is 0 Å². The molecule has 0 aliphatic carbocycles. The van der Waals surface area contributed by atoms with E-state index in [4.69, 9.17) is 0 Å². The first-order chi connectivity index (χ1) is 8.65. The molecule has 1 fully saturated rings. The Morgan fingerprint density at radius 1 is 1.28 bits per heavy atom. The van der Waals surface area contributed by atoms with Crippen LogP contribution >= 0.6 is 23.5 Å². The van der Waals surface area contributed by atoms with Gasteiger partial charge in [0.1, 0.15) is 0 Å². The van der Waals surface area contributed by atoms with Crippen LogP contribution in [-0.4, -0.2) is 27.1 Å². The minimum absolute atomic E-state index is 0.326. The maximum atomic E-state index is 10.7. The van der Waals surface area contributed by atoms with Crippen LogP contribution in [0.15, 0.2) is 18.2 Å². The highest BCUT2D eigenvalue weighted by molar-refractivity contribution is 8.07. The van der Waals surface area contributed by atoms with Crippen LogP contribution in [0.5, 0.6) is 0 Å². The first kappa shape index (κ1) is 14.3. The van der Waals surface area contributed by atoms with Gasteiger partial charge in [0.15, 0.2) is 0 Å². The van der Waals surface area contributed by atoms with E-state index in [9.17, 15) is 5.11 Å². The third kappa shape index (κ3) is 2.89. The molecule has 0 radical (unpaired) electrons. The van der Waals surface area contributed by atoms with Crippen molar-refractivity contribution in [1.29, 1.82) is 0 Å². The topological polar surface area (TPSA) is 20.2 Å². The Labute approximate surface area is 119 Å². The predicted octanol–water partition coefficient (Wildman–Crippen LogP) is 3.96. The Morgan fingerprint density at radius 2 is 2.00 bits per heavy atom. The van der Waals surface area contributed by atoms with E-state index in [0.29, 0.717) is 10.5 Å². The summed E-state index contributed by atoms with van der Waals surface area (Å²) >= 11 is 3.97. The molecule has 3 unspecified atom stereocenters. The Bertz CT molecular complexity index is 405. The van der Waals surface area contributed by atoms with Crippen LogP contribution in [0.25, 0.3) is 0 Å². The molecule has 0 spiro atoms. The van der Waals surface area contributed by atoms with Gasteiger partial charge in [-0.25, -0.2) is 0 Å². The molecule has 1 N–H and O–H groups in total. The molecule has 2 rings (SSSR count). The van der Waals surface area contributed by atoms with Gasteiger partial charge in [-0.3, -0.25) is 0 Å². The van der Waals surface area contributed by atoms with Crippen molar-refractivity contribution in [2.75, 3.05) is 11.5 Å². The van der Waals surface area contributed by atoms with Gasteiger partial charge < -0.3 is 5.11 Å². The Morgan fingerprint density at radius 3 is 2.72 bits per heavy atom. The third-order valence-electron chi connectivity index (χ3n) is 3.77. The fraction of sp³-hybridized carbons (Fsp3) is 0.600. The van der Waals surface area contributed by atoms with Crippen molar-refractivity contribution in [3.8, 4) is 0 Å². The standard InChI is InChI=1S/C15H22OS2/c1-4-13-15(18-9-8-17-13)14(16)12-7-5-6-10(2)11(12)3/h5-7,13-16H,4,8-9H2,1-3H3. The summed E-state index contributed by atoms with van der Waals surface area (Å²) in [5, 5.41) is 11.6. The van der Waals surface area contributed by atoms with Crippen molar-refractivity contribution < 1.29 is 5.11 Å². The van der Waals surface area contributed by atoms with E-state index in [1.807, 2.05) is 23.5 Å². The van der Waals surface area contributed by atoms with E-state index >= 15 is 0 Å². The second-order valence-electron chi connectivity index (χ2n) is 4.89. The molecule has 1 aliphatic heterocycles. The molecule has 1 saturated heterocycles. The number of rotatable bonds is 3. The molecule has 100 valence electrons. The molecule has 1 heterocycles. The van der Waals surface area contributed by atoms with Crippen molar-refractivity contribution in [1.82, 2.24) is 0 Å². The Hall–Kier alpha value is -0.120. The second kappa shape index (κ2) is 6.36. The third-order valence-corrected chi connectivity index (χ3v) is 7.11. The van der Waals surface area contributed by atoms with E-state index in [2.05, 4.69) is 39.0 Å². The van der Waals surface area contributed by atoms with Crippen molar-refractivity contribution >= 4 is 23.5 Å². The van der Waals surface area contributed by atoms with Gasteiger partial charge in [0.2, 0.25) is 0 Å². The number of aryl methyl sites for hydroxylation is 1. The summed E-state index contributed by atoms with van der Waals surface area (Å²) in [7, 11) is 0. The predicted molar refractivity (Wildman–Crippen MR) is 83.7 cm³/mol. The molecule has 0 saturated carbocycles. The summed E-state index contributed by atoms with van der Waals surface area (Å²) < 4.78 is 0. The quantitative estimate of drug-likeness (QED) is 0.906. The van der Waals surface area contributed by atoms with Gasteiger partial charge in [0, 0.05) is 22.0 Å². The molecular formula is C15H22OS2. The molecule has 1 aliphatic rings. The van der Waals surface area contributed by atoms with Crippen LogP contribution in [0, 0.1) is 13.8 Å². The smallest absolute Gasteiger partial charge is 0.0921 e. The Kier molecular flexibility index (Phi) is 5.05. The van der Waals surface area contributed by atoms with Crippen molar-refractivity contribution in [2.24, 2.45) is 0 Å². The maximum absolute atomic E-state index is 10.7. The Balaban J connectivity index is 2.23. The zero-order chi connectivity index (χ0) is 13.1. The monoisotopic (exact) mass is 282 g/mol. The summed E-state index contributed by atoms with van der Waals surface area (Å²) in [5.74, 6) is 2.38. The SMILES string of the molecule is CCC1SCCSC1C(O)c1cccc(C)c1C. The van der Waals surface area contributed by atoms with Gasteiger partial charge in [0.25, 0.3) is 0 Å². The van der Waals surface area contributed by atoms with Gasteiger partial charge in [-0.2, -0.15) is 23.5 Å². The second-order valence-corrected chi connectivity index (χ2v) is 7.52. The fourth-order valence-corrected chi connectivity index (χ4v) is 5.63. The molecule has 3 atom stereocenters. The lowest BCUT2D eigenvalue weighted by molar-refractivity contribution is 0.171. The van der Waals surface area contributed by atoms with Gasteiger partial charge >= 0.3 is 0 Å². The van der Waals surface area contributed by atoms with Crippen LogP contribution < -0.4 is 0 Å². The van der Waals surface area contributed by atoms with Crippen molar-refractivity contribution in [2.45, 2.75) is 43.8 Å². The average Bonchev–Trinajstić information content (AvgIpc) is 2.41. The lowest BCUT2D eigenvalue weighted by atomic mass is 9.96. The maximum Gasteiger partial charge on any atom is 0.0921 e. The summed E-state index contributed by atoms with van der Waals surface area (Å²) in [6, 6.07) is 6.26. The van der Waals surface area contributed by atoms with E-state index in [0.717, 1.165) is 17.7 Å². The minimum atomic E-state index is -0.326. The van der Waals surface area contributed by atoms with Crippen LogP contribution in [0.2, 0.25) is 0 Å². The summed E-state index contributed by atoms with van der Waals surface area (Å²) in [6.45, 7) is 6.47. The molecule has 18 heavy (non-hydrogen) atoms. The largest absolute Gasteiger partial charge is 0.387 e. The van der Waals surface area contributed by atoms with E-state index in [1.54, 1.807) is 0 Å². The number of aliphatic hydroxyl groups excluding tert-OH is 1. The zero-order valence-electron chi connectivity index (χ0n) is 11.3. The molecular weight excluding hydrogens is 260 g/mol. The first-order valence-corrected chi connectivity index (χ1v) is 8.72. The molecule has 1 aromatic carbocycles. The van der Waals surface area contributed by atoms with E-state index in [1.165, 1.54) is 16.9 Å². The number of hydrogen-bond donors (Lipinski definition) is 1. The molecule has 1 aromatic rings. The fourth-order valence-electron chi connectivity index (χ4n) is 2.50. The molecule has 0 amide bonds. The van der Waals surface area contributed by atoms with E-state index < -0.39 is 0 Å². The molecule has 0 aromatic heterocycles. The summed E-state index contributed by atoms with van der Waals surface area (Å²) in [6.07, 6.45) is 0.817. The highest BCUT2D eigenvalue weighted by atomic mass is 32.2. The molecule has 3 heteroatoms. The number of hydrogen-bond acceptors (Lipinski definition) is 3. The first-order valence-electron chi connectivity index (χ1n) is 6.62. The van der Waals surface area contributed by atoms with Crippen LogP contribution in [0.1, 0.15) is 36.1 Å².